The third kappa shape index (κ3) is 2.88. The van der Waals surface area contributed by atoms with Crippen molar-refractivity contribution in [1.82, 2.24) is 10.2 Å². The molecule has 134 valence electrons. The van der Waals surface area contributed by atoms with Gasteiger partial charge in [-0.15, -0.1) is 0 Å². The monoisotopic (exact) mass is 344 g/mol. The van der Waals surface area contributed by atoms with E-state index in [9.17, 15) is 9.59 Å². The van der Waals surface area contributed by atoms with Crippen molar-refractivity contribution in [3.05, 3.63) is 29.3 Å². The van der Waals surface area contributed by atoms with Gasteiger partial charge in [0.05, 0.1) is 19.3 Å². The van der Waals surface area contributed by atoms with Gasteiger partial charge in [0.15, 0.2) is 0 Å². The molecule has 0 aliphatic carbocycles. The number of carbonyl (C=O) groups excluding carboxylic acids is 2. The largest absolute Gasteiger partial charge is 0.497 e. The summed E-state index contributed by atoms with van der Waals surface area (Å²) < 4.78 is 11.6. The molecule has 0 radical (unpaired) electrons. The molecule has 2 saturated heterocycles. The third-order valence-corrected chi connectivity index (χ3v) is 5.73. The minimum absolute atomic E-state index is 0.0229. The van der Waals surface area contributed by atoms with Crippen molar-refractivity contribution >= 4 is 11.8 Å². The Kier molecular flexibility index (Phi) is 4.15. The lowest BCUT2D eigenvalue weighted by atomic mass is 9.79. The quantitative estimate of drug-likeness (QED) is 0.880. The Hall–Kier alpha value is -2.08. The molecule has 1 spiro atoms. The first-order chi connectivity index (χ1) is 12.1. The lowest BCUT2D eigenvalue weighted by Gasteiger charge is -2.45. The van der Waals surface area contributed by atoms with Gasteiger partial charge in [-0.2, -0.15) is 0 Å². The fourth-order valence-electron chi connectivity index (χ4n) is 4.30. The second-order valence-electron chi connectivity index (χ2n) is 7.10. The minimum atomic E-state index is -0.342. The van der Waals surface area contributed by atoms with E-state index in [1.165, 1.54) is 11.1 Å². The van der Waals surface area contributed by atoms with Crippen LogP contribution in [-0.4, -0.2) is 49.6 Å². The van der Waals surface area contributed by atoms with Crippen LogP contribution in [0.3, 0.4) is 0 Å². The Morgan fingerprint density at radius 2 is 2.12 bits per heavy atom. The fourth-order valence-corrected chi connectivity index (χ4v) is 4.30. The van der Waals surface area contributed by atoms with Gasteiger partial charge in [-0.05, 0) is 48.9 Å². The van der Waals surface area contributed by atoms with Crippen molar-refractivity contribution in [3.8, 4) is 5.75 Å². The predicted octanol–water partition coefficient (Wildman–Crippen LogP) is 1.36. The van der Waals surface area contributed by atoms with Crippen molar-refractivity contribution in [2.24, 2.45) is 0 Å². The van der Waals surface area contributed by atoms with E-state index in [1.54, 1.807) is 7.11 Å². The number of piperidine rings is 1. The molecule has 25 heavy (non-hydrogen) atoms. The van der Waals surface area contributed by atoms with Crippen LogP contribution in [0.15, 0.2) is 18.2 Å². The normalized spacial score (nSPS) is 24.8. The van der Waals surface area contributed by atoms with Gasteiger partial charge in [-0.25, -0.2) is 0 Å². The highest BCUT2D eigenvalue weighted by Gasteiger charge is 2.43. The molecule has 2 amide bonds. The van der Waals surface area contributed by atoms with Crippen LogP contribution in [0.5, 0.6) is 5.75 Å². The number of ether oxygens (including phenoxy) is 2. The number of hydrogen-bond acceptors (Lipinski definition) is 4. The Balaban J connectivity index is 1.48. The number of amides is 2. The average molecular weight is 344 g/mol. The number of benzene rings is 1. The molecule has 1 aromatic carbocycles. The standard InChI is InChI=1S/C19H24N2O4/c1-24-14-2-3-15-13(12-14)6-11-25-19(15)7-9-21(10-8-19)18(23)16-4-5-17(22)20-16/h2-3,12,16H,4-11H2,1H3,(H,20,22)/t16-/m0/s1. The van der Waals surface area contributed by atoms with E-state index in [0.717, 1.165) is 25.0 Å². The lowest BCUT2D eigenvalue weighted by molar-refractivity contribution is -0.143. The number of methoxy groups -OCH3 is 1. The zero-order valence-corrected chi connectivity index (χ0v) is 14.5. The maximum Gasteiger partial charge on any atom is 0.245 e. The van der Waals surface area contributed by atoms with Crippen LogP contribution in [0.25, 0.3) is 0 Å². The molecule has 2 fully saturated rings. The molecule has 3 heterocycles. The zero-order valence-electron chi connectivity index (χ0n) is 14.5. The van der Waals surface area contributed by atoms with Crippen molar-refractivity contribution in [3.63, 3.8) is 0 Å². The SMILES string of the molecule is COc1ccc2c(c1)CCOC21CCN(C(=O)[C@@H]2CCC(=O)N2)CC1. The van der Waals surface area contributed by atoms with E-state index in [4.69, 9.17) is 9.47 Å². The molecule has 1 N–H and O–H groups in total. The molecular weight excluding hydrogens is 320 g/mol. The molecule has 0 unspecified atom stereocenters. The van der Waals surface area contributed by atoms with Gasteiger partial charge in [0.1, 0.15) is 11.8 Å². The third-order valence-electron chi connectivity index (χ3n) is 5.73. The second kappa shape index (κ2) is 6.33. The molecule has 3 aliphatic heterocycles. The van der Waals surface area contributed by atoms with E-state index in [-0.39, 0.29) is 23.5 Å². The lowest BCUT2D eigenvalue weighted by Crippen LogP contribution is -2.52. The molecule has 1 aromatic rings. The molecule has 0 aromatic heterocycles. The van der Waals surface area contributed by atoms with E-state index in [1.807, 2.05) is 11.0 Å². The Morgan fingerprint density at radius 1 is 1.32 bits per heavy atom. The highest BCUT2D eigenvalue weighted by atomic mass is 16.5. The summed E-state index contributed by atoms with van der Waals surface area (Å²) in [6, 6.07) is 5.86. The van der Waals surface area contributed by atoms with E-state index < -0.39 is 0 Å². The molecule has 3 aliphatic rings. The summed E-state index contributed by atoms with van der Waals surface area (Å²) in [5, 5.41) is 2.77. The van der Waals surface area contributed by atoms with Crippen LogP contribution in [0, 0.1) is 0 Å². The van der Waals surface area contributed by atoms with Gasteiger partial charge in [-0.1, -0.05) is 6.07 Å². The summed E-state index contributed by atoms with van der Waals surface area (Å²) in [4.78, 5) is 25.8. The predicted molar refractivity (Wildman–Crippen MR) is 91.3 cm³/mol. The summed E-state index contributed by atoms with van der Waals surface area (Å²) in [5.74, 6) is 0.900. The molecule has 6 nitrogen and oxygen atoms in total. The van der Waals surface area contributed by atoms with E-state index in [2.05, 4.69) is 17.4 Å². The molecular formula is C19H24N2O4. The Bertz CT molecular complexity index is 695. The van der Waals surface area contributed by atoms with Gasteiger partial charge >= 0.3 is 0 Å². The average Bonchev–Trinajstić information content (AvgIpc) is 3.08. The topological polar surface area (TPSA) is 67.9 Å². The number of rotatable bonds is 2. The van der Waals surface area contributed by atoms with Crippen molar-refractivity contribution in [1.29, 1.82) is 0 Å². The molecule has 1 atom stereocenters. The number of hydrogen-bond donors (Lipinski definition) is 1. The molecule has 0 bridgehead atoms. The number of likely N-dealkylation sites (tertiary alicyclic amines) is 1. The Labute approximate surface area is 147 Å². The summed E-state index contributed by atoms with van der Waals surface area (Å²) in [7, 11) is 1.68. The van der Waals surface area contributed by atoms with Crippen LogP contribution in [0.2, 0.25) is 0 Å². The van der Waals surface area contributed by atoms with Gasteiger partial charge in [0.25, 0.3) is 0 Å². The van der Waals surface area contributed by atoms with E-state index in [0.29, 0.717) is 32.5 Å². The van der Waals surface area contributed by atoms with Crippen LogP contribution in [0.4, 0.5) is 0 Å². The van der Waals surface area contributed by atoms with Crippen molar-refractivity contribution < 1.29 is 19.1 Å². The van der Waals surface area contributed by atoms with E-state index >= 15 is 0 Å². The summed E-state index contributed by atoms with van der Waals surface area (Å²) in [6.07, 6.45) is 3.54. The first-order valence-corrected chi connectivity index (χ1v) is 9.01. The summed E-state index contributed by atoms with van der Waals surface area (Å²) in [6.45, 7) is 2.03. The van der Waals surface area contributed by atoms with Gasteiger partial charge < -0.3 is 19.7 Å². The highest BCUT2D eigenvalue weighted by molar-refractivity contribution is 5.90. The summed E-state index contributed by atoms with van der Waals surface area (Å²) >= 11 is 0. The molecule has 4 rings (SSSR count). The number of nitrogens with one attached hydrogen (secondary N) is 1. The fraction of sp³-hybridized carbons (Fsp3) is 0.579. The maximum absolute atomic E-state index is 12.6. The summed E-state index contributed by atoms with van der Waals surface area (Å²) in [5.41, 5.74) is 2.23. The number of nitrogens with zero attached hydrogens (tertiary/aromatic N) is 1. The number of fused-ring (bicyclic) bond motifs is 2. The zero-order chi connectivity index (χ0) is 17.4. The first kappa shape index (κ1) is 16.4. The van der Waals surface area contributed by atoms with Gasteiger partial charge in [-0.3, -0.25) is 9.59 Å². The number of carbonyl (C=O) groups is 2. The van der Waals surface area contributed by atoms with Crippen LogP contribution in [0.1, 0.15) is 36.8 Å². The van der Waals surface area contributed by atoms with Crippen LogP contribution in [-0.2, 0) is 26.3 Å². The van der Waals surface area contributed by atoms with Crippen molar-refractivity contribution in [2.75, 3.05) is 26.8 Å². The smallest absolute Gasteiger partial charge is 0.245 e. The van der Waals surface area contributed by atoms with Crippen LogP contribution >= 0.6 is 0 Å². The Morgan fingerprint density at radius 3 is 2.80 bits per heavy atom. The maximum atomic E-state index is 12.6. The van der Waals surface area contributed by atoms with Gasteiger partial charge in [0.2, 0.25) is 11.8 Å². The van der Waals surface area contributed by atoms with Crippen LogP contribution < -0.4 is 10.1 Å². The molecule has 6 heteroatoms. The second-order valence-corrected chi connectivity index (χ2v) is 7.10. The van der Waals surface area contributed by atoms with Gasteiger partial charge in [0, 0.05) is 19.5 Å². The molecule has 0 saturated carbocycles. The highest BCUT2D eigenvalue weighted by Crippen LogP contribution is 2.42. The first-order valence-electron chi connectivity index (χ1n) is 9.01. The minimum Gasteiger partial charge on any atom is -0.497 e. The van der Waals surface area contributed by atoms with Crippen molar-refractivity contribution in [2.45, 2.75) is 43.7 Å².